The van der Waals surface area contributed by atoms with Gasteiger partial charge in [0.25, 0.3) is 0 Å². The molecule has 2 N–H and O–H groups in total. The lowest BCUT2D eigenvalue weighted by Crippen LogP contribution is -2.49. The molecule has 0 spiro atoms. The van der Waals surface area contributed by atoms with E-state index >= 15 is 0 Å². The average Bonchev–Trinajstić information content (AvgIpc) is 2.40. The van der Waals surface area contributed by atoms with Crippen molar-refractivity contribution in [3.05, 3.63) is 0 Å². The van der Waals surface area contributed by atoms with Crippen LogP contribution in [0.15, 0.2) is 0 Å². The van der Waals surface area contributed by atoms with Gasteiger partial charge in [0.1, 0.15) is 6.04 Å². The Hall–Kier alpha value is -1.26. The van der Waals surface area contributed by atoms with Crippen LogP contribution in [0.2, 0.25) is 0 Å². The highest BCUT2D eigenvalue weighted by Crippen LogP contribution is 2.25. The summed E-state index contributed by atoms with van der Waals surface area (Å²) in [5.74, 6) is -1.02. The molecule has 1 fully saturated rings. The van der Waals surface area contributed by atoms with Gasteiger partial charge in [-0.15, -0.1) is 0 Å². The first kappa shape index (κ1) is 12.8. The molecule has 92 valence electrons. The predicted molar refractivity (Wildman–Crippen MR) is 58.5 cm³/mol. The van der Waals surface area contributed by atoms with Crippen LogP contribution in [-0.2, 0) is 4.79 Å². The fourth-order valence-electron chi connectivity index (χ4n) is 2.40. The average molecular weight is 229 g/mol. The summed E-state index contributed by atoms with van der Waals surface area (Å²) in [5.41, 5.74) is 0. The molecule has 0 unspecified atom stereocenters. The van der Waals surface area contributed by atoms with Crippen LogP contribution >= 0.6 is 0 Å². The van der Waals surface area contributed by atoms with E-state index in [1.165, 1.54) is 0 Å². The van der Waals surface area contributed by atoms with Gasteiger partial charge in [-0.1, -0.05) is 26.2 Å². The Morgan fingerprint density at radius 2 is 1.88 bits per heavy atom. The molecule has 0 aromatic heterocycles. The van der Waals surface area contributed by atoms with E-state index in [9.17, 15) is 9.59 Å². The third-order valence-electron chi connectivity index (χ3n) is 3.12. The van der Waals surface area contributed by atoms with Gasteiger partial charge in [-0.2, -0.15) is 0 Å². The Bertz CT molecular complexity index is 267. The summed E-state index contributed by atoms with van der Waals surface area (Å²) < 4.78 is 0. The van der Waals surface area contributed by atoms with E-state index in [1.807, 2.05) is 6.92 Å². The molecule has 0 saturated carbocycles. The number of nitrogens with zero attached hydrogens (tertiary/aromatic N) is 1. The van der Waals surface area contributed by atoms with Crippen LogP contribution in [0.3, 0.4) is 0 Å². The van der Waals surface area contributed by atoms with Gasteiger partial charge in [0.2, 0.25) is 0 Å². The van der Waals surface area contributed by atoms with Crippen molar-refractivity contribution in [1.82, 2.24) is 4.90 Å². The van der Waals surface area contributed by atoms with Gasteiger partial charge in [0.05, 0.1) is 0 Å². The molecule has 0 bridgehead atoms. The van der Waals surface area contributed by atoms with E-state index in [2.05, 4.69) is 0 Å². The van der Waals surface area contributed by atoms with Crippen LogP contribution in [0.4, 0.5) is 4.79 Å². The van der Waals surface area contributed by atoms with Gasteiger partial charge in [-0.3, -0.25) is 4.90 Å². The lowest BCUT2D eigenvalue weighted by atomic mass is 10.1. The van der Waals surface area contributed by atoms with Gasteiger partial charge < -0.3 is 10.2 Å². The number of rotatable bonds is 3. The van der Waals surface area contributed by atoms with Crippen LogP contribution in [0.25, 0.3) is 0 Å². The molecule has 0 radical (unpaired) electrons. The highest BCUT2D eigenvalue weighted by atomic mass is 16.4. The van der Waals surface area contributed by atoms with E-state index in [0.29, 0.717) is 6.42 Å². The predicted octanol–water partition coefficient (Wildman–Crippen LogP) is 2.16. The minimum absolute atomic E-state index is 0.133. The molecule has 1 saturated heterocycles. The van der Waals surface area contributed by atoms with E-state index in [4.69, 9.17) is 10.2 Å². The zero-order valence-corrected chi connectivity index (χ0v) is 9.56. The Morgan fingerprint density at radius 1 is 1.25 bits per heavy atom. The molecule has 5 nitrogen and oxygen atoms in total. The molecule has 0 aromatic carbocycles. The lowest BCUT2D eigenvalue weighted by Gasteiger charge is -2.31. The summed E-state index contributed by atoms with van der Waals surface area (Å²) in [6.07, 6.45) is 3.44. The van der Waals surface area contributed by atoms with E-state index in [-0.39, 0.29) is 6.04 Å². The van der Waals surface area contributed by atoms with Crippen molar-refractivity contribution in [3.63, 3.8) is 0 Å². The van der Waals surface area contributed by atoms with Crippen molar-refractivity contribution in [2.24, 2.45) is 0 Å². The molecule has 1 rings (SSSR count). The van der Waals surface area contributed by atoms with Crippen molar-refractivity contribution in [1.29, 1.82) is 0 Å². The van der Waals surface area contributed by atoms with Crippen molar-refractivity contribution in [2.45, 2.75) is 57.5 Å². The molecule has 0 aliphatic carbocycles. The topological polar surface area (TPSA) is 77.8 Å². The third-order valence-corrected chi connectivity index (χ3v) is 3.12. The number of hydrogen-bond acceptors (Lipinski definition) is 2. The molecular weight excluding hydrogens is 210 g/mol. The lowest BCUT2D eigenvalue weighted by molar-refractivity contribution is -0.143. The molecule has 16 heavy (non-hydrogen) atoms. The van der Waals surface area contributed by atoms with Crippen LogP contribution < -0.4 is 0 Å². The number of aliphatic carboxylic acids is 1. The number of carboxylic acids is 1. The molecule has 1 heterocycles. The number of carboxylic acid groups (broad SMARTS) is 2. The van der Waals surface area contributed by atoms with Gasteiger partial charge in [0.15, 0.2) is 0 Å². The molecule has 1 amide bonds. The summed E-state index contributed by atoms with van der Waals surface area (Å²) in [5, 5.41) is 18.2. The van der Waals surface area contributed by atoms with Gasteiger partial charge in [0, 0.05) is 6.04 Å². The van der Waals surface area contributed by atoms with Crippen LogP contribution in [-0.4, -0.2) is 39.3 Å². The second-order valence-corrected chi connectivity index (χ2v) is 4.27. The zero-order valence-electron chi connectivity index (χ0n) is 9.56. The summed E-state index contributed by atoms with van der Waals surface area (Å²) >= 11 is 0. The summed E-state index contributed by atoms with van der Waals surface area (Å²) in [4.78, 5) is 23.4. The first-order valence-corrected chi connectivity index (χ1v) is 5.82. The quantitative estimate of drug-likeness (QED) is 0.777. The molecular formula is C11H19NO4. The van der Waals surface area contributed by atoms with Crippen molar-refractivity contribution >= 4 is 12.1 Å². The second-order valence-electron chi connectivity index (χ2n) is 4.27. The summed E-state index contributed by atoms with van der Waals surface area (Å²) in [6, 6.07) is -0.998. The smallest absolute Gasteiger partial charge is 0.408 e. The van der Waals surface area contributed by atoms with Gasteiger partial charge >= 0.3 is 12.1 Å². The fraction of sp³-hybridized carbons (Fsp3) is 0.818. The third kappa shape index (κ3) is 2.87. The Balaban J connectivity index is 2.89. The van der Waals surface area contributed by atoms with Crippen molar-refractivity contribution in [2.75, 3.05) is 0 Å². The maximum atomic E-state index is 11.2. The minimum atomic E-state index is -1.10. The minimum Gasteiger partial charge on any atom is -0.480 e. The van der Waals surface area contributed by atoms with Crippen LogP contribution in [0.5, 0.6) is 0 Å². The van der Waals surface area contributed by atoms with Crippen LogP contribution in [0.1, 0.15) is 45.4 Å². The summed E-state index contributed by atoms with van der Waals surface area (Å²) in [6.45, 7) is 1.99. The Labute approximate surface area is 95.1 Å². The van der Waals surface area contributed by atoms with Crippen molar-refractivity contribution in [3.8, 4) is 0 Å². The normalized spacial score (nSPS) is 26.2. The maximum Gasteiger partial charge on any atom is 0.408 e. The van der Waals surface area contributed by atoms with Crippen molar-refractivity contribution < 1.29 is 19.8 Å². The van der Waals surface area contributed by atoms with Gasteiger partial charge in [-0.25, -0.2) is 9.59 Å². The Morgan fingerprint density at radius 3 is 2.38 bits per heavy atom. The molecule has 2 atom stereocenters. The first-order valence-electron chi connectivity index (χ1n) is 5.82. The Kier molecular flexibility index (Phi) is 4.58. The van der Waals surface area contributed by atoms with E-state index < -0.39 is 18.1 Å². The van der Waals surface area contributed by atoms with Gasteiger partial charge in [-0.05, 0) is 19.3 Å². The zero-order chi connectivity index (χ0) is 12.1. The molecule has 5 heteroatoms. The SMILES string of the molecule is CCC[C@@H]1CCCC[C@H](C(=O)O)N1C(=O)O. The number of likely N-dealkylation sites (tertiary alicyclic amines) is 1. The monoisotopic (exact) mass is 229 g/mol. The standard InChI is InChI=1S/C11H19NO4/c1-2-5-8-6-3-4-7-9(10(13)14)12(8)11(15)16/h8-9H,2-7H2,1H3,(H,13,14)(H,15,16)/t8-,9-/m1/s1. The maximum absolute atomic E-state index is 11.2. The van der Waals surface area contributed by atoms with E-state index in [0.717, 1.165) is 37.0 Å². The second kappa shape index (κ2) is 5.72. The molecule has 1 aliphatic rings. The highest BCUT2D eigenvalue weighted by molar-refractivity contribution is 5.79. The number of amides is 1. The largest absolute Gasteiger partial charge is 0.480 e. The molecule has 1 aliphatic heterocycles. The number of carbonyl (C=O) groups is 2. The number of hydrogen-bond donors (Lipinski definition) is 2. The molecule has 0 aromatic rings. The van der Waals surface area contributed by atoms with Crippen LogP contribution in [0, 0.1) is 0 Å². The highest BCUT2D eigenvalue weighted by Gasteiger charge is 2.36. The summed E-state index contributed by atoms with van der Waals surface area (Å²) in [7, 11) is 0. The van der Waals surface area contributed by atoms with E-state index in [1.54, 1.807) is 0 Å². The first-order chi connectivity index (χ1) is 7.57. The fourth-order valence-corrected chi connectivity index (χ4v) is 2.40.